The molecule has 1 aromatic carbocycles. The molecule has 7 rings (SSSR count). The monoisotopic (exact) mass is 475 g/mol. The number of amides is 1. The van der Waals surface area contributed by atoms with Gasteiger partial charge in [0.25, 0.3) is 5.91 Å². The van der Waals surface area contributed by atoms with E-state index in [1.165, 1.54) is 37.8 Å². The van der Waals surface area contributed by atoms with Crippen LogP contribution in [-0.4, -0.2) is 58.8 Å². The molecular formula is C28H33N3O4. The average Bonchev–Trinajstić information content (AvgIpc) is 3.35. The minimum absolute atomic E-state index is 0.119. The molecule has 184 valence electrons. The van der Waals surface area contributed by atoms with Crippen LogP contribution >= 0.6 is 0 Å². The van der Waals surface area contributed by atoms with Crippen LogP contribution < -0.4 is 14.9 Å². The first-order valence-electron chi connectivity index (χ1n) is 13.3. The molecular weight excluding hydrogens is 442 g/mol. The Balaban J connectivity index is 1.28. The molecule has 2 aromatic rings. The summed E-state index contributed by atoms with van der Waals surface area (Å²) in [6, 6.07) is 4.41. The number of piperidine rings is 3. The van der Waals surface area contributed by atoms with Gasteiger partial charge < -0.3 is 18.9 Å². The predicted molar refractivity (Wildman–Crippen MR) is 133 cm³/mol. The van der Waals surface area contributed by atoms with Crippen LogP contribution in [0.5, 0.6) is 11.5 Å². The Morgan fingerprint density at radius 2 is 1.97 bits per heavy atom. The van der Waals surface area contributed by atoms with Gasteiger partial charge in [0.1, 0.15) is 5.56 Å². The maximum atomic E-state index is 14.1. The summed E-state index contributed by atoms with van der Waals surface area (Å²) in [5.41, 5.74) is 2.28. The summed E-state index contributed by atoms with van der Waals surface area (Å²) in [5, 5.41) is 0.521. The lowest BCUT2D eigenvalue weighted by Gasteiger charge is -2.54. The molecule has 0 saturated carbocycles. The number of hydrogen-bond acceptors (Lipinski definition) is 5. The van der Waals surface area contributed by atoms with Crippen molar-refractivity contribution in [2.45, 2.75) is 64.1 Å². The van der Waals surface area contributed by atoms with Gasteiger partial charge in [-0.1, -0.05) is 18.1 Å². The topological polar surface area (TPSA) is 64.0 Å². The first-order chi connectivity index (χ1) is 17.1. The maximum Gasteiger partial charge on any atom is 0.259 e. The number of rotatable bonds is 2. The van der Waals surface area contributed by atoms with Crippen molar-refractivity contribution in [2.24, 2.45) is 11.8 Å². The summed E-state index contributed by atoms with van der Waals surface area (Å²) < 4.78 is 13.1. The van der Waals surface area contributed by atoms with E-state index in [2.05, 4.69) is 11.0 Å². The van der Waals surface area contributed by atoms with Gasteiger partial charge in [0.2, 0.25) is 12.2 Å². The smallest absolute Gasteiger partial charge is 0.259 e. The Hall–Kier alpha value is -2.80. The standard InChI is InChI=1S/C28H33N3O4/c1-2-29-15-21(27(32)20-12-24-25(13-23(20)29)35-16-34-24)28(33)31-9-5-6-17-10-18-11-19(26(17)31)14-30-8-4-3-7-22(18)30/h10,12-13,15,18-19,22,26H,2-9,11,14,16H2,1H3/t18-,19+,22+,26+/m1/s1. The van der Waals surface area contributed by atoms with Gasteiger partial charge in [-0.15, -0.1) is 0 Å². The first-order valence-corrected chi connectivity index (χ1v) is 13.3. The van der Waals surface area contributed by atoms with Crippen LogP contribution in [0.3, 0.4) is 0 Å². The third-order valence-electron chi connectivity index (χ3n) is 9.06. The molecule has 4 aliphatic heterocycles. The van der Waals surface area contributed by atoms with Gasteiger partial charge >= 0.3 is 0 Å². The summed E-state index contributed by atoms with van der Waals surface area (Å²) in [4.78, 5) is 32.5. The third-order valence-corrected chi connectivity index (χ3v) is 9.06. The number of aromatic nitrogens is 1. The number of nitrogens with zero attached hydrogens (tertiary/aromatic N) is 3. The zero-order chi connectivity index (χ0) is 23.7. The van der Waals surface area contributed by atoms with Gasteiger partial charge in [0.15, 0.2) is 11.5 Å². The number of pyridine rings is 1. The van der Waals surface area contributed by atoms with E-state index in [0.717, 1.165) is 31.4 Å². The largest absolute Gasteiger partial charge is 0.454 e. The van der Waals surface area contributed by atoms with Crippen molar-refractivity contribution in [2.75, 3.05) is 26.4 Å². The molecule has 3 saturated heterocycles. The van der Waals surface area contributed by atoms with Crippen LogP contribution in [-0.2, 0) is 6.54 Å². The van der Waals surface area contributed by atoms with Crippen molar-refractivity contribution in [3.63, 3.8) is 0 Å². The third kappa shape index (κ3) is 3.27. The predicted octanol–water partition coefficient (Wildman–Crippen LogP) is 3.79. The molecule has 35 heavy (non-hydrogen) atoms. The Morgan fingerprint density at radius 3 is 2.83 bits per heavy atom. The van der Waals surface area contributed by atoms with Gasteiger partial charge in [0.05, 0.1) is 16.9 Å². The van der Waals surface area contributed by atoms with Crippen molar-refractivity contribution in [1.82, 2.24) is 14.4 Å². The van der Waals surface area contributed by atoms with Crippen LogP contribution in [0.15, 0.2) is 34.8 Å². The van der Waals surface area contributed by atoms with Gasteiger partial charge in [-0.2, -0.15) is 0 Å². The van der Waals surface area contributed by atoms with Crippen LogP contribution in [0.25, 0.3) is 10.9 Å². The maximum absolute atomic E-state index is 14.1. The number of fused-ring (bicyclic) bond motifs is 8. The minimum Gasteiger partial charge on any atom is -0.454 e. The highest BCUT2D eigenvalue weighted by Gasteiger charge is 2.47. The number of carbonyl (C=O) groups excluding carboxylic acids is 1. The van der Waals surface area contributed by atoms with E-state index in [1.807, 2.05) is 22.5 Å². The molecule has 5 aliphatic rings. The van der Waals surface area contributed by atoms with Crippen molar-refractivity contribution in [3.05, 3.63) is 45.8 Å². The molecule has 3 fully saturated rings. The van der Waals surface area contributed by atoms with Crippen molar-refractivity contribution in [1.29, 1.82) is 0 Å². The number of ether oxygens (including phenoxy) is 2. The lowest BCUT2D eigenvalue weighted by atomic mass is 9.68. The fourth-order valence-corrected chi connectivity index (χ4v) is 7.55. The van der Waals surface area contributed by atoms with E-state index in [1.54, 1.807) is 12.3 Å². The zero-order valence-electron chi connectivity index (χ0n) is 20.4. The number of aryl methyl sites for hydroxylation is 1. The van der Waals surface area contributed by atoms with Gasteiger partial charge in [0, 0.05) is 37.9 Å². The second kappa shape index (κ2) is 8.12. The van der Waals surface area contributed by atoms with Gasteiger partial charge in [-0.25, -0.2) is 0 Å². The van der Waals surface area contributed by atoms with Crippen molar-refractivity contribution in [3.8, 4) is 11.5 Å². The zero-order valence-corrected chi connectivity index (χ0v) is 20.4. The van der Waals surface area contributed by atoms with Crippen LogP contribution in [0.2, 0.25) is 0 Å². The molecule has 0 unspecified atom stereocenters. The summed E-state index contributed by atoms with van der Waals surface area (Å²) >= 11 is 0. The van der Waals surface area contributed by atoms with E-state index in [0.29, 0.717) is 41.3 Å². The average molecular weight is 476 g/mol. The van der Waals surface area contributed by atoms with E-state index in [9.17, 15) is 9.59 Å². The minimum atomic E-state index is -0.211. The van der Waals surface area contributed by atoms with Crippen molar-refractivity contribution >= 4 is 16.8 Å². The van der Waals surface area contributed by atoms with Gasteiger partial charge in [-0.3, -0.25) is 14.5 Å². The second-order valence-corrected chi connectivity index (χ2v) is 10.9. The summed E-state index contributed by atoms with van der Waals surface area (Å²) in [6.07, 6.45) is 11.4. The molecule has 4 atom stereocenters. The first kappa shape index (κ1) is 21.5. The number of likely N-dealkylation sites (tertiary alicyclic amines) is 1. The normalized spacial score (nSPS) is 29.5. The highest BCUT2D eigenvalue weighted by atomic mass is 16.7. The Kier molecular flexibility index (Phi) is 4.98. The van der Waals surface area contributed by atoms with E-state index in [4.69, 9.17) is 9.47 Å². The summed E-state index contributed by atoms with van der Waals surface area (Å²) in [5.74, 6) is 2.18. The molecule has 7 nitrogen and oxygen atoms in total. The molecule has 1 amide bonds. The molecule has 0 spiro atoms. The number of benzene rings is 1. The Morgan fingerprint density at radius 1 is 1.11 bits per heavy atom. The number of carbonyl (C=O) groups is 1. The van der Waals surface area contributed by atoms with Crippen LogP contribution in [0.1, 0.15) is 55.8 Å². The molecule has 0 N–H and O–H groups in total. The van der Waals surface area contributed by atoms with E-state index < -0.39 is 0 Å². The lowest BCUT2D eigenvalue weighted by Crippen LogP contribution is -2.60. The molecule has 5 heterocycles. The fourth-order valence-electron chi connectivity index (χ4n) is 7.55. The highest BCUT2D eigenvalue weighted by Crippen LogP contribution is 2.45. The molecule has 1 aliphatic carbocycles. The summed E-state index contributed by atoms with van der Waals surface area (Å²) in [6.45, 7) is 5.82. The van der Waals surface area contributed by atoms with Crippen LogP contribution in [0.4, 0.5) is 0 Å². The molecule has 2 bridgehead atoms. The SMILES string of the molecule is CCn1cc(C(=O)N2CCCC3=C[C@@H]4C[C@@H](CN5CCCC[C@@H]45)[C@H]32)c(=O)c2cc3c(cc21)OCO3. The highest BCUT2D eigenvalue weighted by molar-refractivity contribution is 5.98. The molecule has 0 radical (unpaired) electrons. The Labute approximate surface area is 205 Å². The van der Waals surface area contributed by atoms with Crippen LogP contribution in [0, 0.1) is 11.8 Å². The van der Waals surface area contributed by atoms with E-state index >= 15 is 0 Å². The number of hydrogen-bond donors (Lipinski definition) is 0. The summed E-state index contributed by atoms with van der Waals surface area (Å²) in [7, 11) is 0. The quantitative estimate of drug-likeness (QED) is 0.619. The fraction of sp³-hybridized carbons (Fsp3) is 0.571. The molecule has 7 heteroatoms. The molecule has 1 aromatic heterocycles. The van der Waals surface area contributed by atoms with Gasteiger partial charge in [-0.05, 0) is 63.5 Å². The van der Waals surface area contributed by atoms with Crippen molar-refractivity contribution < 1.29 is 14.3 Å². The second-order valence-electron chi connectivity index (χ2n) is 10.9. The Bertz CT molecular complexity index is 1300. The lowest BCUT2D eigenvalue weighted by molar-refractivity contribution is 0.00142. The van der Waals surface area contributed by atoms with E-state index in [-0.39, 0.29) is 29.7 Å².